The Kier molecular flexibility index (Phi) is 3.89. The molecule has 1 heterocycles. The minimum absolute atomic E-state index is 0.215. The van der Waals surface area contributed by atoms with E-state index in [-0.39, 0.29) is 17.5 Å². The van der Waals surface area contributed by atoms with E-state index in [4.69, 9.17) is 4.42 Å². The number of hydrogen-bond donors (Lipinski definition) is 1. The van der Waals surface area contributed by atoms with Gasteiger partial charge in [-0.1, -0.05) is 6.92 Å². The number of furan rings is 1. The second kappa shape index (κ2) is 5.23. The lowest BCUT2D eigenvalue weighted by atomic mass is 9.93. The van der Waals surface area contributed by atoms with Crippen LogP contribution in [0.15, 0.2) is 16.7 Å². The Hall–Kier alpha value is -0.810. The Morgan fingerprint density at radius 2 is 2.35 bits per heavy atom. The molecule has 1 aromatic heterocycles. The van der Waals surface area contributed by atoms with Crippen LogP contribution in [0.2, 0.25) is 0 Å². The molecule has 0 amide bonds. The van der Waals surface area contributed by atoms with Gasteiger partial charge in [0.15, 0.2) is 9.84 Å². The fraction of sp³-hybridized carbons (Fsp3) is 0.667. The summed E-state index contributed by atoms with van der Waals surface area (Å²) in [7, 11) is -2.87. The van der Waals surface area contributed by atoms with Crippen molar-refractivity contribution in [2.24, 2.45) is 0 Å². The maximum Gasteiger partial charge on any atom is 0.151 e. The Balaban J connectivity index is 1.90. The maximum atomic E-state index is 11.4. The number of sulfone groups is 1. The lowest BCUT2D eigenvalue weighted by molar-refractivity contribution is 0.417. The van der Waals surface area contributed by atoms with Gasteiger partial charge in [-0.3, -0.25) is 0 Å². The van der Waals surface area contributed by atoms with Crippen molar-refractivity contribution in [2.45, 2.75) is 32.2 Å². The van der Waals surface area contributed by atoms with Crippen LogP contribution >= 0.6 is 0 Å². The van der Waals surface area contributed by atoms with Crippen molar-refractivity contribution in [2.75, 3.05) is 18.1 Å². The van der Waals surface area contributed by atoms with Gasteiger partial charge in [-0.2, -0.15) is 0 Å². The normalized spacial score (nSPS) is 20.2. The van der Waals surface area contributed by atoms with Crippen molar-refractivity contribution in [3.63, 3.8) is 0 Å². The quantitative estimate of drug-likeness (QED) is 0.872. The fourth-order valence-corrected chi connectivity index (χ4v) is 2.95. The van der Waals surface area contributed by atoms with E-state index in [9.17, 15) is 8.42 Å². The molecule has 1 aliphatic rings. The molecule has 1 atom stereocenters. The molecule has 5 heteroatoms. The van der Waals surface area contributed by atoms with Crippen LogP contribution in [0.5, 0.6) is 0 Å². The van der Waals surface area contributed by atoms with Crippen LogP contribution in [0.3, 0.4) is 0 Å². The van der Waals surface area contributed by atoms with Crippen LogP contribution in [0.1, 0.15) is 37.1 Å². The van der Waals surface area contributed by atoms with Crippen molar-refractivity contribution < 1.29 is 12.8 Å². The molecule has 1 aliphatic carbocycles. The van der Waals surface area contributed by atoms with E-state index in [0.29, 0.717) is 6.54 Å². The number of aryl methyl sites for hydroxylation is 1. The van der Waals surface area contributed by atoms with Gasteiger partial charge in [0, 0.05) is 30.3 Å². The molecule has 96 valence electrons. The number of fused-ring (bicyclic) bond motifs is 1. The summed E-state index contributed by atoms with van der Waals surface area (Å²) in [4.78, 5) is 0. The van der Waals surface area contributed by atoms with E-state index in [2.05, 4.69) is 5.32 Å². The largest absolute Gasteiger partial charge is 0.469 e. The zero-order chi connectivity index (χ0) is 12.3. The molecule has 0 saturated carbocycles. The number of nitrogens with one attached hydrogen (secondary N) is 1. The minimum atomic E-state index is -2.87. The molecule has 0 aliphatic heterocycles. The van der Waals surface area contributed by atoms with Gasteiger partial charge in [-0.05, 0) is 18.9 Å². The summed E-state index contributed by atoms with van der Waals surface area (Å²) in [5.41, 5.74) is 1.20. The zero-order valence-electron chi connectivity index (χ0n) is 10.1. The Morgan fingerprint density at radius 1 is 1.53 bits per heavy atom. The first kappa shape index (κ1) is 12.6. The molecule has 0 radical (unpaired) electrons. The van der Waals surface area contributed by atoms with Gasteiger partial charge in [0.05, 0.1) is 12.0 Å². The van der Waals surface area contributed by atoms with Gasteiger partial charge in [0.2, 0.25) is 0 Å². The molecule has 4 nitrogen and oxygen atoms in total. The van der Waals surface area contributed by atoms with E-state index in [1.54, 1.807) is 13.2 Å². The molecule has 0 aromatic carbocycles. The SMILES string of the molecule is CCS(=O)(=O)CCNC1CCCc2occc21. The van der Waals surface area contributed by atoms with Crippen LogP contribution in [0, 0.1) is 0 Å². The van der Waals surface area contributed by atoms with Gasteiger partial charge in [-0.25, -0.2) is 8.42 Å². The third kappa shape index (κ3) is 3.10. The molecular weight excluding hydrogens is 238 g/mol. The van der Waals surface area contributed by atoms with Gasteiger partial charge in [0.25, 0.3) is 0 Å². The van der Waals surface area contributed by atoms with Crippen molar-refractivity contribution in [1.29, 1.82) is 0 Å². The highest BCUT2D eigenvalue weighted by molar-refractivity contribution is 7.91. The highest BCUT2D eigenvalue weighted by atomic mass is 32.2. The Labute approximate surface area is 102 Å². The standard InChI is InChI=1S/C12H19NO3S/c1-2-17(14,15)9-7-13-11-4-3-5-12-10(11)6-8-16-12/h6,8,11,13H,2-5,7,9H2,1H3. The van der Waals surface area contributed by atoms with Crippen molar-refractivity contribution in [1.82, 2.24) is 5.32 Å². The number of hydrogen-bond acceptors (Lipinski definition) is 4. The minimum Gasteiger partial charge on any atom is -0.469 e. The average molecular weight is 257 g/mol. The maximum absolute atomic E-state index is 11.4. The van der Waals surface area contributed by atoms with Gasteiger partial charge in [0.1, 0.15) is 5.76 Å². The molecule has 1 unspecified atom stereocenters. The Morgan fingerprint density at radius 3 is 3.12 bits per heavy atom. The molecule has 1 aromatic rings. The second-order valence-corrected chi connectivity index (χ2v) is 6.91. The summed E-state index contributed by atoms with van der Waals surface area (Å²) in [6.07, 6.45) is 4.86. The zero-order valence-corrected chi connectivity index (χ0v) is 10.9. The molecule has 1 N–H and O–H groups in total. The predicted molar refractivity (Wildman–Crippen MR) is 66.7 cm³/mol. The average Bonchev–Trinajstić information content (AvgIpc) is 2.78. The van der Waals surface area contributed by atoms with Crippen LogP contribution < -0.4 is 5.32 Å². The van der Waals surface area contributed by atoms with E-state index in [1.165, 1.54) is 5.56 Å². The summed E-state index contributed by atoms with van der Waals surface area (Å²) >= 11 is 0. The van der Waals surface area contributed by atoms with Gasteiger partial charge < -0.3 is 9.73 Å². The third-order valence-corrected chi connectivity index (χ3v) is 5.00. The molecule has 0 bridgehead atoms. The summed E-state index contributed by atoms with van der Waals surface area (Å²) < 4.78 is 28.2. The van der Waals surface area contributed by atoms with Crippen LogP contribution in [-0.2, 0) is 16.3 Å². The Bertz CT molecular complexity index is 464. The van der Waals surface area contributed by atoms with Gasteiger partial charge in [-0.15, -0.1) is 0 Å². The van der Waals surface area contributed by atoms with Crippen molar-refractivity contribution >= 4 is 9.84 Å². The predicted octanol–water partition coefficient (Wildman–Crippen LogP) is 1.68. The fourth-order valence-electron chi connectivity index (χ4n) is 2.23. The highest BCUT2D eigenvalue weighted by Gasteiger charge is 2.22. The lowest BCUT2D eigenvalue weighted by Crippen LogP contribution is -2.29. The molecular formula is C12H19NO3S. The summed E-state index contributed by atoms with van der Waals surface area (Å²) in [6.45, 7) is 2.20. The molecule has 0 saturated heterocycles. The second-order valence-electron chi connectivity index (χ2n) is 4.43. The lowest BCUT2D eigenvalue weighted by Gasteiger charge is -2.22. The molecule has 0 spiro atoms. The van der Waals surface area contributed by atoms with E-state index in [0.717, 1.165) is 25.0 Å². The molecule has 17 heavy (non-hydrogen) atoms. The first-order valence-corrected chi connectivity index (χ1v) is 7.94. The molecule has 2 rings (SSSR count). The van der Waals surface area contributed by atoms with Crippen molar-refractivity contribution in [3.05, 3.63) is 23.7 Å². The highest BCUT2D eigenvalue weighted by Crippen LogP contribution is 2.30. The van der Waals surface area contributed by atoms with Crippen molar-refractivity contribution in [3.8, 4) is 0 Å². The summed E-state index contributed by atoms with van der Waals surface area (Å²) in [5, 5.41) is 3.32. The molecule has 0 fully saturated rings. The first-order valence-electron chi connectivity index (χ1n) is 6.12. The van der Waals surface area contributed by atoms with Crippen LogP contribution in [0.4, 0.5) is 0 Å². The monoisotopic (exact) mass is 257 g/mol. The first-order chi connectivity index (χ1) is 8.12. The van der Waals surface area contributed by atoms with Crippen LogP contribution in [0.25, 0.3) is 0 Å². The summed E-state index contributed by atoms with van der Waals surface area (Å²) in [5.74, 6) is 1.48. The van der Waals surface area contributed by atoms with E-state index < -0.39 is 9.84 Å². The number of rotatable bonds is 5. The van der Waals surface area contributed by atoms with E-state index >= 15 is 0 Å². The van der Waals surface area contributed by atoms with Gasteiger partial charge >= 0.3 is 0 Å². The van der Waals surface area contributed by atoms with E-state index in [1.807, 2.05) is 6.07 Å². The summed E-state index contributed by atoms with van der Waals surface area (Å²) in [6, 6.07) is 2.24. The third-order valence-electron chi connectivity index (χ3n) is 3.30. The smallest absolute Gasteiger partial charge is 0.151 e. The van der Waals surface area contributed by atoms with Crippen LogP contribution in [-0.4, -0.2) is 26.5 Å². The topological polar surface area (TPSA) is 59.3 Å².